The minimum absolute atomic E-state index is 0.0439. The van der Waals surface area contributed by atoms with Crippen LogP contribution < -0.4 is 19.6 Å². The van der Waals surface area contributed by atoms with Crippen LogP contribution in [-0.4, -0.2) is 59.7 Å². The van der Waals surface area contributed by atoms with E-state index in [-0.39, 0.29) is 42.4 Å². The van der Waals surface area contributed by atoms with Gasteiger partial charge >= 0.3 is 17.4 Å². The van der Waals surface area contributed by atoms with Crippen LogP contribution in [0.25, 0.3) is 11.0 Å². The van der Waals surface area contributed by atoms with Crippen molar-refractivity contribution in [2.75, 3.05) is 32.1 Å². The van der Waals surface area contributed by atoms with Gasteiger partial charge in [-0.3, -0.25) is 14.9 Å². The number of benzene rings is 1. The maximum Gasteiger partial charge on any atom is 0.460 e. The molecule has 0 radical (unpaired) electrons. The molecule has 0 saturated carbocycles. The second-order valence-electron chi connectivity index (χ2n) is 7.54. The average molecular weight is 533 g/mol. The van der Waals surface area contributed by atoms with E-state index < -0.39 is 12.1 Å². The van der Waals surface area contributed by atoms with Crippen LogP contribution >= 0.6 is 15.9 Å². The largest absolute Gasteiger partial charge is 0.739 e. The lowest BCUT2D eigenvalue weighted by atomic mass is 10.2. The van der Waals surface area contributed by atoms with Crippen molar-refractivity contribution >= 4 is 44.8 Å². The second-order valence-corrected chi connectivity index (χ2v) is 8.45. The minimum atomic E-state index is -0.491. The summed E-state index contributed by atoms with van der Waals surface area (Å²) < 4.78 is 11.6. The van der Waals surface area contributed by atoms with Gasteiger partial charge in [0.15, 0.2) is 5.52 Å². The molecule has 1 aliphatic heterocycles. The smallest absolute Gasteiger partial charge is 0.460 e. The van der Waals surface area contributed by atoms with Crippen LogP contribution in [0.5, 0.6) is 5.88 Å². The number of halogens is 1. The molecule has 34 heavy (non-hydrogen) atoms. The van der Waals surface area contributed by atoms with Crippen molar-refractivity contribution in [2.45, 2.75) is 18.9 Å². The number of hydrogen-bond donors (Lipinski definition) is 1. The quantitative estimate of drug-likeness (QED) is 0.266. The first-order valence-corrected chi connectivity index (χ1v) is 11.2. The number of amides is 1. The van der Waals surface area contributed by atoms with Crippen LogP contribution in [0, 0.1) is 10.4 Å². The molecule has 178 valence electrons. The molecule has 1 N–H and O–H groups in total. The fourth-order valence-electron chi connectivity index (χ4n) is 3.59. The molecule has 0 aliphatic carbocycles. The van der Waals surface area contributed by atoms with Gasteiger partial charge in [-0.25, -0.2) is 9.71 Å². The number of carbonyl (C=O) groups excluding carboxylic acids is 2. The van der Waals surface area contributed by atoms with E-state index in [9.17, 15) is 20.0 Å². The first kappa shape index (κ1) is 23.4. The number of pyridine rings is 1. The van der Waals surface area contributed by atoms with Crippen molar-refractivity contribution in [3.8, 4) is 5.88 Å². The van der Waals surface area contributed by atoms with Crippen molar-refractivity contribution in [3.63, 3.8) is 0 Å². The molecule has 3 aromatic rings. The molecule has 12 nitrogen and oxygen atoms in total. The first-order chi connectivity index (χ1) is 16.4. The molecule has 0 bridgehead atoms. The Kier molecular flexibility index (Phi) is 6.91. The van der Waals surface area contributed by atoms with Gasteiger partial charge in [0.2, 0.25) is 11.0 Å². The third kappa shape index (κ3) is 5.09. The molecule has 1 aromatic carbocycles. The summed E-state index contributed by atoms with van der Waals surface area (Å²) in [5.41, 5.74) is 0.695. The lowest BCUT2D eigenvalue weighted by Crippen LogP contribution is -2.44. The van der Waals surface area contributed by atoms with Crippen LogP contribution in [0.3, 0.4) is 0 Å². The molecular weight excluding hydrogens is 512 g/mol. The highest BCUT2D eigenvalue weighted by molar-refractivity contribution is 9.10. The van der Waals surface area contributed by atoms with E-state index >= 15 is 0 Å². The fraction of sp³-hybridized carbons (Fsp3) is 0.333. The molecule has 1 amide bonds. The number of fused-ring (bicyclic) bond motifs is 1. The van der Waals surface area contributed by atoms with Gasteiger partial charge in [0.25, 0.3) is 5.91 Å². The maximum absolute atomic E-state index is 12.7. The van der Waals surface area contributed by atoms with Gasteiger partial charge in [0.05, 0.1) is 26.6 Å². The summed E-state index contributed by atoms with van der Waals surface area (Å²) in [6, 6.07) is 7.78. The van der Waals surface area contributed by atoms with Gasteiger partial charge in [-0.15, -0.1) is 0 Å². The summed E-state index contributed by atoms with van der Waals surface area (Å²) in [6.07, 6.45) is 1.54. The molecule has 1 saturated heterocycles. The zero-order chi connectivity index (χ0) is 24.2. The summed E-state index contributed by atoms with van der Waals surface area (Å²) in [4.78, 5) is 30.9. The summed E-state index contributed by atoms with van der Waals surface area (Å²) in [7, 11) is 1.47. The highest BCUT2D eigenvalue weighted by Gasteiger charge is 2.30. The molecule has 2 aromatic heterocycles. The number of ether oxygens (including phenoxy) is 2. The number of methoxy groups -OCH3 is 1. The minimum Gasteiger partial charge on any atom is -0.739 e. The molecule has 3 heterocycles. The zero-order valence-corrected chi connectivity index (χ0v) is 19.7. The summed E-state index contributed by atoms with van der Waals surface area (Å²) in [5, 5.41) is 31.0. The van der Waals surface area contributed by atoms with Gasteiger partial charge in [-0.2, -0.15) is 0 Å². The monoisotopic (exact) mass is 532 g/mol. The summed E-state index contributed by atoms with van der Waals surface area (Å²) in [6.45, 7) is 0.778. The number of aromatic nitrogens is 4. The van der Waals surface area contributed by atoms with Crippen LogP contribution in [0.1, 0.15) is 23.2 Å². The predicted octanol–water partition coefficient (Wildman–Crippen LogP) is 0.928. The van der Waals surface area contributed by atoms with Crippen LogP contribution in [-0.2, 0) is 9.53 Å². The first-order valence-electron chi connectivity index (χ1n) is 10.4. The van der Waals surface area contributed by atoms with E-state index in [1.54, 1.807) is 23.1 Å². The fourth-order valence-corrected chi connectivity index (χ4v) is 3.94. The van der Waals surface area contributed by atoms with Crippen molar-refractivity contribution in [1.29, 1.82) is 0 Å². The number of hydrogen-bond acceptors (Lipinski definition) is 9. The predicted molar refractivity (Wildman–Crippen MR) is 122 cm³/mol. The third-order valence-electron chi connectivity index (χ3n) is 5.27. The molecule has 1 aliphatic rings. The van der Waals surface area contributed by atoms with E-state index in [2.05, 4.69) is 31.3 Å². The SMILES string of the molecule is COc1cc(C(=O)N2CC[C@@H](OC(=O)CCNc3n[n+]([O-])c4cc(Br)ccc4[n+]3[O-])C2)ccn1. The standard InChI is InChI=1S/C21H21BrN6O6/c1-33-18-10-13(4-7-23-18)20(30)26-9-6-15(12-26)34-19(29)5-8-24-21-25-28(32)17-11-14(22)2-3-16(17)27(21)31/h2-4,7,10-11,15H,5-6,8-9,12H2,1H3,(H,24,25)/t15-/m1/s1. The molecule has 4 rings (SSSR count). The Bertz CT molecular complexity index is 1240. The lowest BCUT2D eigenvalue weighted by Gasteiger charge is -2.17. The topological polar surface area (TPSA) is 148 Å². The van der Waals surface area contributed by atoms with E-state index in [0.717, 1.165) is 0 Å². The summed E-state index contributed by atoms with van der Waals surface area (Å²) in [5.74, 6) is -0.560. The van der Waals surface area contributed by atoms with Crippen molar-refractivity contribution < 1.29 is 28.6 Å². The molecule has 1 fully saturated rings. The number of carbonyl (C=O) groups is 2. The Labute approximate surface area is 202 Å². The maximum atomic E-state index is 12.7. The summed E-state index contributed by atoms with van der Waals surface area (Å²) >= 11 is 3.24. The zero-order valence-electron chi connectivity index (χ0n) is 18.1. The Morgan fingerprint density at radius 2 is 2.09 bits per heavy atom. The van der Waals surface area contributed by atoms with Gasteiger partial charge in [-0.1, -0.05) is 15.9 Å². The second kappa shape index (κ2) is 10.0. The lowest BCUT2D eigenvalue weighted by molar-refractivity contribution is -0.672. The molecule has 1 atom stereocenters. The van der Waals surface area contributed by atoms with Crippen molar-refractivity contribution in [3.05, 3.63) is 57.0 Å². The Hall–Kier alpha value is -3.74. The number of nitrogens with one attached hydrogen (secondary N) is 1. The van der Waals surface area contributed by atoms with Gasteiger partial charge in [0, 0.05) is 46.2 Å². The van der Waals surface area contributed by atoms with Gasteiger partial charge in [-0.05, 0) is 18.2 Å². The molecular formula is C21H21BrN6O6. The number of anilines is 1. The highest BCUT2D eigenvalue weighted by atomic mass is 79.9. The number of rotatable bonds is 7. The molecule has 0 unspecified atom stereocenters. The number of likely N-dealkylation sites (tertiary alicyclic amines) is 1. The van der Waals surface area contributed by atoms with Crippen LogP contribution in [0.4, 0.5) is 5.95 Å². The third-order valence-corrected chi connectivity index (χ3v) is 5.77. The van der Waals surface area contributed by atoms with Crippen molar-refractivity contribution in [1.82, 2.24) is 15.0 Å². The van der Waals surface area contributed by atoms with E-state index in [4.69, 9.17) is 9.47 Å². The van der Waals surface area contributed by atoms with Crippen molar-refractivity contribution in [2.24, 2.45) is 0 Å². The molecule has 13 heteroatoms. The normalized spacial score (nSPS) is 15.4. The van der Waals surface area contributed by atoms with E-state index in [0.29, 0.717) is 38.5 Å². The Morgan fingerprint density at radius 3 is 2.88 bits per heavy atom. The Morgan fingerprint density at radius 1 is 1.26 bits per heavy atom. The van der Waals surface area contributed by atoms with E-state index in [1.165, 1.54) is 25.4 Å². The van der Waals surface area contributed by atoms with Gasteiger partial charge < -0.3 is 24.8 Å². The Balaban J connectivity index is 1.28. The highest BCUT2D eigenvalue weighted by Crippen LogP contribution is 2.18. The van der Waals surface area contributed by atoms with Crippen LogP contribution in [0.2, 0.25) is 0 Å². The molecule has 0 spiro atoms. The van der Waals surface area contributed by atoms with Crippen LogP contribution in [0.15, 0.2) is 41.0 Å². The van der Waals surface area contributed by atoms with E-state index in [1.807, 2.05) is 0 Å². The van der Waals surface area contributed by atoms with Gasteiger partial charge in [0.1, 0.15) is 6.10 Å². The number of nitrogens with zero attached hydrogens (tertiary/aromatic N) is 5. The number of esters is 1. The average Bonchev–Trinajstić information content (AvgIpc) is 3.30.